The maximum atomic E-state index is 12.9. The van der Waals surface area contributed by atoms with Gasteiger partial charge in [0.2, 0.25) is 5.91 Å². The molecule has 7 heteroatoms. The summed E-state index contributed by atoms with van der Waals surface area (Å²) < 4.78 is 0. The van der Waals surface area contributed by atoms with Gasteiger partial charge in [-0.2, -0.15) is 5.10 Å². The van der Waals surface area contributed by atoms with Crippen LogP contribution in [0.15, 0.2) is 59.7 Å². The Morgan fingerprint density at radius 3 is 2.71 bits per heavy atom. The highest BCUT2D eigenvalue weighted by atomic mass is 35.5. The van der Waals surface area contributed by atoms with Crippen molar-refractivity contribution in [3.8, 4) is 5.75 Å². The number of carbonyl (C=O) groups is 2. The zero-order valence-corrected chi connectivity index (χ0v) is 20.6. The zero-order chi connectivity index (χ0) is 24.8. The fourth-order valence-electron chi connectivity index (χ4n) is 4.73. The van der Waals surface area contributed by atoms with Gasteiger partial charge in [-0.15, -0.1) is 0 Å². The molecule has 2 N–H and O–H groups in total. The van der Waals surface area contributed by atoms with Gasteiger partial charge < -0.3 is 10.0 Å². The smallest absolute Gasteiger partial charge is 0.271 e. The first-order chi connectivity index (χ1) is 17.0. The molecule has 6 nitrogen and oxygen atoms in total. The second kappa shape index (κ2) is 11.4. The second-order valence-corrected chi connectivity index (χ2v) is 9.28. The molecule has 0 radical (unpaired) electrons. The topological polar surface area (TPSA) is 82.0 Å². The van der Waals surface area contributed by atoms with Gasteiger partial charge in [0.1, 0.15) is 5.75 Å². The molecule has 2 amide bonds. The standard InChI is InChI=1S/C28H30ClN3O3/c1-2-22-7-5-6-16-32(22)27(34)15-13-19-10-11-21(24-9-4-3-8-23(19)24)18-30-31-28(35)20-12-14-26(33)25(29)17-20/h3-4,8-12,14,17-18,22,33H,2,5-7,13,15-16H2,1H3,(H,31,35). The average Bonchev–Trinajstić information content (AvgIpc) is 2.89. The van der Waals surface area contributed by atoms with Crippen LogP contribution >= 0.6 is 11.6 Å². The minimum atomic E-state index is -0.425. The number of aryl methyl sites for hydroxylation is 1. The predicted octanol–water partition coefficient (Wildman–Crippen LogP) is 5.69. The lowest BCUT2D eigenvalue weighted by Crippen LogP contribution is -2.43. The molecular formula is C28H30ClN3O3. The third-order valence-electron chi connectivity index (χ3n) is 6.65. The summed E-state index contributed by atoms with van der Waals surface area (Å²) in [5.41, 5.74) is 4.79. The molecule has 3 aromatic rings. The van der Waals surface area contributed by atoms with E-state index >= 15 is 0 Å². The van der Waals surface area contributed by atoms with Crippen molar-refractivity contribution in [2.45, 2.75) is 51.5 Å². The number of nitrogens with zero attached hydrogens (tertiary/aromatic N) is 2. The number of hydrogen-bond donors (Lipinski definition) is 2. The Kier molecular flexibility index (Phi) is 8.03. The number of hydrogen-bond acceptors (Lipinski definition) is 4. The summed E-state index contributed by atoms with van der Waals surface area (Å²) in [6.07, 6.45) is 7.21. The van der Waals surface area contributed by atoms with Crippen molar-refractivity contribution in [2.24, 2.45) is 5.10 Å². The predicted molar refractivity (Wildman–Crippen MR) is 140 cm³/mol. The number of benzene rings is 3. The Bertz CT molecular complexity index is 1260. The highest BCUT2D eigenvalue weighted by Crippen LogP contribution is 2.26. The number of nitrogens with one attached hydrogen (secondary N) is 1. The van der Waals surface area contributed by atoms with Gasteiger partial charge in [-0.1, -0.05) is 54.9 Å². The van der Waals surface area contributed by atoms with Crippen LogP contribution in [0.4, 0.5) is 0 Å². The summed E-state index contributed by atoms with van der Waals surface area (Å²) >= 11 is 5.88. The SMILES string of the molecule is CCC1CCCCN1C(=O)CCc1ccc(C=NNC(=O)c2ccc(O)c(Cl)c2)c2ccccc12. The molecule has 3 aromatic carbocycles. The molecule has 4 rings (SSSR count). The third kappa shape index (κ3) is 5.82. The lowest BCUT2D eigenvalue weighted by molar-refractivity contribution is -0.134. The number of phenols is 1. The minimum Gasteiger partial charge on any atom is -0.506 e. The molecule has 1 aliphatic rings. The van der Waals surface area contributed by atoms with Crippen molar-refractivity contribution in [3.05, 3.63) is 76.3 Å². The largest absolute Gasteiger partial charge is 0.506 e. The van der Waals surface area contributed by atoms with Gasteiger partial charge in [0.15, 0.2) is 0 Å². The van der Waals surface area contributed by atoms with E-state index in [1.54, 1.807) is 6.21 Å². The molecule has 0 saturated carbocycles. The first-order valence-corrected chi connectivity index (χ1v) is 12.5. The molecule has 0 spiro atoms. The van der Waals surface area contributed by atoms with Crippen molar-refractivity contribution in [2.75, 3.05) is 6.54 Å². The maximum Gasteiger partial charge on any atom is 0.271 e. The van der Waals surface area contributed by atoms with Gasteiger partial charge in [-0.25, -0.2) is 5.43 Å². The van der Waals surface area contributed by atoms with Crippen molar-refractivity contribution < 1.29 is 14.7 Å². The number of carbonyl (C=O) groups excluding carboxylic acids is 2. The van der Waals surface area contributed by atoms with E-state index in [9.17, 15) is 14.7 Å². The van der Waals surface area contributed by atoms with E-state index in [4.69, 9.17) is 11.6 Å². The molecule has 0 aromatic heterocycles. The summed E-state index contributed by atoms with van der Waals surface area (Å²) in [6.45, 7) is 3.03. The Labute approximate surface area is 210 Å². The Morgan fingerprint density at radius 1 is 1.14 bits per heavy atom. The number of rotatable bonds is 7. The van der Waals surface area contributed by atoms with Crippen LogP contribution in [0.5, 0.6) is 5.75 Å². The van der Waals surface area contributed by atoms with E-state index in [-0.39, 0.29) is 16.7 Å². The van der Waals surface area contributed by atoms with Crippen LogP contribution in [0.2, 0.25) is 5.02 Å². The third-order valence-corrected chi connectivity index (χ3v) is 6.96. The molecule has 0 aliphatic carbocycles. The number of piperidine rings is 1. The monoisotopic (exact) mass is 491 g/mol. The van der Waals surface area contributed by atoms with Gasteiger partial charge in [0.05, 0.1) is 11.2 Å². The number of fused-ring (bicyclic) bond motifs is 1. The van der Waals surface area contributed by atoms with E-state index < -0.39 is 5.91 Å². The highest BCUT2D eigenvalue weighted by Gasteiger charge is 2.24. The highest BCUT2D eigenvalue weighted by molar-refractivity contribution is 6.32. The number of halogens is 1. The number of likely N-dealkylation sites (tertiary alicyclic amines) is 1. The van der Waals surface area contributed by atoms with Crippen LogP contribution < -0.4 is 5.43 Å². The molecule has 35 heavy (non-hydrogen) atoms. The number of amides is 2. The number of hydrazone groups is 1. The van der Waals surface area contributed by atoms with E-state index in [1.807, 2.05) is 30.3 Å². The van der Waals surface area contributed by atoms with Gasteiger partial charge >= 0.3 is 0 Å². The quantitative estimate of drug-likeness (QED) is 0.329. The van der Waals surface area contributed by atoms with Crippen LogP contribution in [0.25, 0.3) is 10.8 Å². The van der Waals surface area contributed by atoms with Crippen molar-refractivity contribution >= 4 is 40.4 Å². The van der Waals surface area contributed by atoms with Crippen LogP contribution in [-0.2, 0) is 11.2 Å². The molecule has 1 saturated heterocycles. The molecule has 1 fully saturated rings. The molecule has 0 bridgehead atoms. The summed E-state index contributed by atoms with van der Waals surface area (Å²) in [5, 5.41) is 15.8. The molecular weight excluding hydrogens is 462 g/mol. The lowest BCUT2D eigenvalue weighted by atomic mass is 9.96. The summed E-state index contributed by atoms with van der Waals surface area (Å²) in [5.74, 6) is -0.268. The Morgan fingerprint density at radius 2 is 1.94 bits per heavy atom. The van der Waals surface area contributed by atoms with Gasteiger partial charge in [0, 0.05) is 30.1 Å². The van der Waals surface area contributed by atoms with Crippen LogP contribution in [0, 0.1) is 0 Å². The molecule has 1 aliphatic heterocycles. The summed E-state index contributed by atoms with van der Waals surface area (Å²) in [6, 6.07) is 16.6. The van der Waals surface area contributed by atoms with E-state index in [0.29, 0.717) is 24.4 Å². The summed E-state index contributed by atoms with van der Waals surface area (Å²) in [4.78, 5) is 27.4. The zero-order valence-electron chi connectivity index (χ0n) is 19.8. The van der Waals surface area contributed by atoms with Crippen molar-refractivity contribution in [1.29, 1.82) is 0 Å². The molecule has 182 valence electrons. The normalized spacial score (nSPS) is 16.1. The fourth-order valence-corrected chi connectivity index (χ4v) is 4.91. The fraction of sp³-hybridized carbons (Fsp3) is 0.321. The van der Waals surface area contributed by atoms with Crippen molar-refractivity contribution in [3.63, 3.8) is 0 Å². The first-order valence-electron chi connectivity index (χ1n) is 12.1. The Balaban J connectivity index is 1.46. The molecule has 1 heterocycles. The Hall–Kier alpha value is -3.38. The second-order valence-electron chi connectivity index (χ2n) is 8.87. The molecule has 1 unspecified atom stereocenters. The maximum absolute atomic E-state index is 12.9. The van der Waals surface area contributed by atoms with Gasteiger partial charge in [-0.3, -0.25) is 9.59 Å². The number of phenolic OH excluding ortho intramolecular Hbond substituents is 1. The van der Waals surface area contributed by atoms with E-state index in [1.165, 1.54) is 24.6 Å². The average molecular weight is 492 g/mol. The van der Waals surface area contributed by atoms with Gasteiger partial charge in [0.25, 0.3) is 5.91 Å². The van der Waals surface area contributed by atoms with E-state index in [0.717, 1.165) is 47.7 Å². The van der Waals surface area contributed by atoms with Crippen molar-refractivity contribution in [1.82, 2.24) is 10.3 Å². The minimum absolute atomic E-state index is 0.0823. The van der Waals surface area contributed by atoms with Gasteiger partial charge in [-0.05, 0) is 66.6 Å². The van der Waals surface area contributed by atoms with Crippen LogP contribution in [0.3, 0.4) is 0 Å². The first kappa shape index (κ1) is 24.7. The number of aromatic hydroxyl groups is 1. The van der Waals surface area contributed by atoms with Crippen LogP contribution in [0.1, 0.15) is 60.5 Å². The molecule has 1 atom stereocenters. The lowest BCUT2D eigenvalue weighted by Gasteiger charge is -2.35. The summed E-state index contributed by atoms with van der Waals surface area (Å²) in [7, 11) is 0. The van der Waals surface area contributed by atoms with Crippen LogP contribution in [-0.4, -0.2) is 40.6 Å². The van der Waals surface area contributed by atoms with E-state index in [2.05, 4.69) is 28.4 Å².